The largest absolute Gasteiger partial charge is 0.348 e. The number of hydrogen-bond donors (Lipinski definition) is 0. The van der Waals surface area contributed by atoms with Gasteiger partial charge in [0.1, 0.15) is 0 Å². The molecule has 0 amide bonds. The quantitative estimate of drug-likeness (QED) is 0.563. The van der Waals surface area contributed by atoms with E-state index in [4.69, 9.17) is 4.99 Å². The molecule has 0 bridgehead atoms. The van der Waals surface area contributed by atoms with Gasteiger partial charge in [0.2, 0.25) is 0 Å². The van der Waals surface area contributed by atoms with Crippen molar-refractivity contribution >= 4 is 17.1 Å². The maximum Gasteiger partial charge on any atom is 0.0691 e. The summed E-state index contributed by atoms with van der Waals surface area (Å²) in [5, 5.41) is 0. The number of nitrogens with zero attached hydrogens (tertiary/aromatic N) is 2. The van der Waals surface area contributed by atoms with Crippen molar-refractivity contribution in [2.75, 3.05) is 11.9 Å². The van der Waals surface area contributed by atoms with Gasteiger partial charge < -0.3 is 4.90 Å². The van der Waals surface area contributed by atoms with E-state index in [2.05, 4.69) is 97.7 Å². The summed E-state index contributed by atoms with van der Waals surface area (Å²) in [5.41, 5.74) is 12.2. The van der Waals surface area contributed by atoms with E-state index in [0.29, 0.717) is 0 Å². The maximum atomic E-state index is 4.89. The highest BCUT2D eigenvalue weighted by Crippen LogP contribution is 2.28. The first-order valence-corrected chi connectivity index (χ1v) is 9.23. The van der Waals surface area contributed by atoms with Crippen molar-refractivity contribution in [2.45, 2.75) is 55.4 Å². The van der Waals surface area contributed by atoms with Crippen molar-refractivity contribution in [2.24, 2.45) is 4.99 Å². The number of aryl methyl sites for hydroxylation is 6. The van der Waals surface area contributed by atoms with E-state index in [-0.39, 0.29) is 0 Å². The van der Waals surface area contributed by atoms with Crippen LogP contribution < -0.4 is 4.90 Å². The average Bonchev–Trinajstić information content (AvgIpc) is 2.49. The molecule has 138 valence electrons. The topological polar surface area (TPSA) is 15.6 Å². The molecule has 0 aliphatic carbocycles. The van der Waals surface area contributed by atoms with Gasteiger partial charge in [0.05, 0.1) is 5.69 Å². The molecule has 2 heteroatoms. The Morgan fingerprint density at radius 3 is 1.65 bits per heavy atom. The van der Waals surface area contributed by atoms with Crippen LogP contribution in [0.15, 0.2) is 41.0 Å². The molecule has 2 aromatic rings. The van der Waals surface area contributed by atoms with Gasteiger partial charge in [-0.2, -0.15) is 0 Å². The lowest BCUT2D eigenvalue weighted by atomic mass is 10.0. The second-order valence-corrected chi connectivity index (χ2v) is 7.59. The monoisotopic (exact) mass is 348 g/mol. The van der Waals surface area contributed by atoms with Crippen molar-refractivity contribution in [1.82, 2.24) is 0 Å². The van der Waals surface area contributed by atoms with E-state index >= 15 is 0 Å². The molecule has 0 unspecified atom stereocenters. The molecule has 26 heavy (non-hydrogen) atoms. The Balaban J connectivity index is 2.37. The fraction of sp³-hybridized carbons (Fsp3) is 0.375. The third kappa shape index (κ3) is 4.43. The maximum absolute atomic E-state index is 4.89. The van der Waals surface area contributed by atoms with Crippen LogP contribution in [0.3, 0.4) is 0 Å². The SMILES string of the molecule is C/C(=C/C(C)=N/c1c(C)cc(C)cc1C)N(C)c1c(C)cc(C)cc1C. The first-order chi connectivity index (χ1) is 12.1. The predicted octanol–water partition coefficient (Wildman–Crippen LogP) is 6.67. The number of anilines is 1. The number of allylic oxidation sites excluding steroid dienone is 2. The highest BCUT2D eigenvalue weighted by Gasteiger charge is 2.11. The number of benzene rings is 2. The van der Waals surface area contributed by atoms with Crippen molar-refractivity contribution in [3.63, 3.8) is 0 Å². The lowest BCUT2D eigenvalue weighted by Crippen LogP contribution is -2.17. The molecule has 0 aliphatic rings. The number of rotatable bonds is 4. The highest BCUT2D eigenvalue weighted by molar-refractivity contribution is 5.96. The lowest BCUT2D eigenvalue weighted by Gasteiger charge is -2.25. The van der Waals surface area contributed by atoms with Gasteiger partial charge in [-0.25, -0.2) is 0 Å². The van der Waals surface area contributed by atoms with Gasteiger partial charge in [-0.1, -0.05) is 35.4 Å². The molecule has 0 heterocycles. The molecule has 0 fully saturated rings. The van der Waals surface area contributed by atoms with Crippen LogP contribution in [0, 0.1) is 41.5 Å². The van der Waals surface area contributed by atoms with Crippen LogP contribution in [0.4, 0.5) is 11.4 Å². The summed E-state index contributed by atoms with van der Waals surface area (Å²) in [4.78, 5) is 7.15. The molecule has 2 rings (SSSR count). The second-order valence-electron chi connectivity index (χ2n) is 7.59. The molecule has 0 radical (unpaired) electrons. The normalized spacial score (nSPS) is 12.5. The fourth-order valence-electron chi connectivity index (χ4n) is 3.83. The molecule has 2 nitrogen and oxygen atoms in total. The van der Waals surface area contributed by atoms with E-state index < -0.39 is 0 Å². The molecular formula is C24H32N2. The van der Waals surface area contributed by atoms with Crippen LogP contribution in [0.1, 0.15) is 47.2 Å². The zero-order chi connectivity index (χ0) is 19.6. The molecule has 0 saturated carbocycles. The van der Waals surface area contributed by atoms with Crippen LogP contribution in [-0.4, -0.2) is 12.8 Å². The van der Waals surface area contributed by atoms with Crippen molar-refractivity contribution in [3.8, 4) is 0 Å². The molecular weight excluding hydrogens is 316 g/mol. The standard InChI is InChI=1S/C24H32N2/c1-15-10-17(3)23(18(4)11-15)25-21(7)14-22(8)26(9)24-19(5)12-16(2)13-20(24)6/h10-14H,1-9H3/b22-14-,25-21+. The van der Waals surface area contributed by atoms with E-state index in [9.17, 15) is 0 Å². The second kappa shape index (κ2) is 7.90. The summed E-state index contributed by atoms with van der Waals surface area (Å²) in [6.07, 6.45) is 2.16. The molecule has 0 saturated heterocycles. The van der Waals surface area contributed by atoms with Crippen LogP contribution >= 0.6 is 0 Å². The average molecular weight is 349 g/mol. The van der Waals surface area contributed by atoms with Gasteiger partial charge in [0.25, 0.3) is 0 Å². The van der Waals surface area contributed by atoms with Crippen LogP contribution in [0.5, 0.6) is 0 Å². The Morgan fingerprint density at radius 1 is 0.769 bits per heavy atom. The zero-order valence-corrected chi connectivity index (χ0v) is 17.8. The van der Waals surface area contributed by atoms with Gasteiger partial charge in [-0.3, -0.25) is 4.99 Å². The third-order valence-corrected chi connectivity index (χ3v) is 4.84. The molecule has 0 N–H and O–H groups in total. The summed E-state index contributed by atoms with van der Waals surface area (Å²) < 4.78 is 0. The molecule has 0 aromatic heterocycles. The first-order valence-electron chi connectivity index (χ1n) is 9.23. The van der Waals surface area contributed by atoms with E-state index in [0.717, 1.165) is 11.4 Å². The summed E-state index contributed by atoms with van der Waals surface area (Å²) in [6, 6.07) is 8.87. The van der Waals surface area contributed by atoms with E-state index in [1.807, 2.05) is 0 Å². The smallest absolute Gasteiger partial charge is 0.0691 e. The van der Waals surface area contributed by atoms with Gasteiger partial charge >= 0.3 is 0 Å². The minimum atomic E-state index is 1.02. The molecule has 2 aromatic carbocycles. The Hall–Kier alpha value is -2.35. The first kappa shape index (κ1) is 20.0. The summed E-state index contributed by atoms with van der Waals surface area (Å²) >= 11 is 0. The predicted molar refractivity (Wildman–Crippen MR) is 116 cm³/mol. The fourth-order valence-corrected chi connectivity index (χ4v) is 3.83. The van der Waals surface area contributed by atoms with E-state index in [1.54, 1.807) is 0 Å². The minimum Gasteiger partial charge on any atom is -0.348 e. The Kier molecular flexibility index (Phi) is 6.07. The van der Waals surface area contributed by atoms with Crippen LogP contribution in [-0.2, 0) is 0 Å². The molecule has 0 atom stereocenters. The van der Waals surface area contributed by atoms with Gasteiger partial charge in [-0.05, 0) is 83.7 Å². The third-order valence-electron chi connectivity index (χ3n) is 4.84. The molecule has 0 spiro atoms. The zero-order valence-electron chi connectivity index (χ0n) is 17.8. The van der Waals surface area contributed by atoms with Gasteiger partial charge in [0.15, 0.2) is 0 Å². The van der Waals surface area contributed by atoms with Gasteiger partial charge in [0, 0.05) is 24.1 Å². The van der Waals surface area contributed by atoms with Crippen LogP contribution in [0.25, 0.3) is 0 Å². The van der Waals surface area contributed by atoms with Gasteiger partial charge in [-0.15, -0.1) is 0 Å². The minimum absolute atomic E-state index is 1.02. The Morgan fingerprint density at radius 2 is 1.19 bits per heavy atom. The number of aliphatic imine (C=N–C) groups is 1. The Bertz CT molecular complexity index is 839. The Labute approximate surface area is 159 Å². The van der Waals surface area contributed by atoms with E-state index in [1.165, 1.54) is 44.8 Å². The highest BCUT2D eigenvalue weighted by atomic mass is 15.1. The summed E-state index contributed by atoms with van der Waals surface area (Å²) in [6.45, 7) is 17.1. The summed E-state index contributed by atoms with van der Waals surface area (Å²) in [5.74, 6) is 0. The lowest BCUT2D eigenvalue weighted by molar-refractivity contribution is 1.06. The van der Waals surface area contributed by atoms with Crippen molar-refractivity contribution < 1.29 is 0 Å². The summed E-state index contributed by atoms with van der Waals surface area (Å²) in [7, 11) is 2.13. The number of hydrogen-bond acceptors (Lipinski definition) is 2. The molecule has 0 aliphatic heterocycles. The van der Waals surface area contributed by atoms with Crippen molar-refractivity contribution in [3.05, 3.63) is 69.4 Å². The van der Waals surface area contributed by atoms with Crippen molar-refractivity contribution in [1.29, 1.82) is 0 Å². The van der Waals surface area contributed by atoms with Crippen LogP contribution in [0.2, 0.25) is 0 Å².